The molecular formula is C49H36IrN4-2. The molecule has 0 amide bonds. The smallest absolute Gasteiger partial charge is 0.0791 e. The van der Waals surface area contributed by atoms with Gasteiger partial charge in [0.05, 0.1) is 11.0 Å². The number of hydrogen-bond donors (Lipinski definition) is 0. The molecule has 0 aliphatic rings. The van der Waals surface area contributed by atoms with Crippen LogP contribution in [0.2, 0.25) is 0 Å². The van der Waals surface area contributed by atoms with Gasteiger partial charge >= 0.3 is 0 Å². The Bertz CT molecular complexity index is 2640. The molecule has 5 heteroatoms. The number of hydrogen-bond acceptors (Lipinski definition) is 4. The Morgan fingerprint density at radius 2 is 1.22 bits per heavy atom. The molecule has 0 aliphatic heterocycles. The number of rotatable bonds is 5. The summed E-state index contributed by atoms with van der Waals surface area (Å²) in [5.74, 6) is 0. The fourth-order valence-corrected chi connectivity index (χ4v) is 6.79. The third-order valence-electron chi connectivity index (χ3n) is 9.50. The van der Waals surface area contributed by atoms with Crippen LogP contribution in [0.4, 0.5) is 0 Å². The van der Waals surface area contributed by atoms with Crippen molar-refractivity contribution in [1.82, 2.24) is 19.9 Å². The molecule has 5 aromatic carbocycles. The molecule has 9 aromatic rings. The van der Waals surface area contributed by atoms with E-state index in [4.69, 9.17) is 4.98 Å². The summed E-state index contributed by atoms with van der Waals surface area (Å²) < 4.78 is 0. The Morgan fingerprint density at radius 3 is 2.00 bits per heavy atom. The summed E-state index contributed by atoms with van der Waals surface area (Å²) in [4.78, 5) is 18.5. The first-order chi connectivity index (χ1) is 26.0. The first kappa shape index (κ1) is 36.2. The zero-order chi connectivity index (χ0) is 36.1. The van der Waals surface area contributed by atoms with E-state index in [1.54, 1.807) is 0 Å². The molecule has 0 fully saturated rings. The molecule has 4 aromatic heterocycles. The number of fused-ring (bicyclic) bond motifs is 3. The van der Waals surface area contributed by atoms with Crippen molar-refractivity contribution in [3.8, 4) is 55.9 Å². The number of aromatic nitrogens is 4. The molecule has 0 bridgehead atoms. The maximum Gasteiger partial charge on any atom is 0.0791 e. The van der Waals surface area contributed by atoms with E-state index in [0.717, 1.165) is 66.7 Å². The average Bonchev–Trinajstić information content (AvgIpc) is 3.22. The van der Waals surface area contributed by atoms with Gasteiger partial charge in [-0.15, -0.1) is 59.2 Å². The van der Waals surface area contributed by atoms with Gasteiger partial charge in [0.1, 0.15) is 0 Å². The second kappa shape index (κ2) is 16.3. The zero-order valence-corrected chi connectivity index (χ0v) is 32.6. The molecule has 54 heavy (non-hydrogen) atoms. The van der Waals surface area contributed by atoms with Gasteiger partial charge < -0.3 is 9.97 Å². The van der Waals surface area contributed by atoms with Crippen molar-refractivity contribution in [2.75, 3.05) is 0 Å². The fraction of sp³-hybridized carbons (Fsp3) is 0.0612. The van der Waals surface area contributed by atoms with E-state index in [1.165, 1.54) is 27.8 Å². The van der Waals surface area contributed by atoms with Gasteiger partial charge in [-0.3, -0.25) is 9.97 Å². The van der Waals surface area contributed by atoms with Gasteiger partial charge in [-0.1, -0.05) is 102 Å². The van der Waals surface area contributed by atoms with Crippen LogP contribution < -0.4 is 0 Å². The molecule has 1 radical (unpaired) electrons. The van der Waals surface area contributed by atoms with Crippen LogP contribution in [-0.4, -0.2) is 19.9 Å². The third kappa shape index (κ3) is 7.51. The Kier molecular flexibility index (Phi) is 10.9. The first-order valence-corrected chi connectivity index (χ1v) is 17.7. The van der Waals surface area contributed by atoms with E-state index in [2.05, 4.69) is 114 Å². The minimum Gasteiger partial charge on any atom is -0.305 e. The van der Waals surface area contributed by atoms with E-state index >= 15 is 0 Å². The fourth-order valence-electron chi connectivity index (χ4n) is 6.79. The van der Waals surface area contributed by atoms with Crippen molar-refractivity contribution in [2.24, 2.45) is 0 Å². The molecule has 9 rings (SSSR count). The molecule has 0 N–H and O–H groups in total. The topological polar surface area (TPSA) is 51.6 Å². The van der Waals surface area contributed by atoms with Crippen LogP contribution in [0.3, 0.4) is 0 Å². The summed E-state index contributed by atoms with van der Waals surface area (Å²) in [7, 11) is 0. The van der Waals surface area contributed by atoms with Crippen molar-refractivity contribution in [1.29, 1.82) is 0 Å². The van der Waals surface area contributed by atoms with Gasteiger partial charge in [-0.25, -0.2) is 0 Å². The van der Waals surface area contributed by atoms with Gasteiger partial charge in [0.2, 0.25) is 0 Å². The van der Waals surface area contributed by atoms with Gasteiger partial charge in [0.15, 0.2) is 0 Å². The molecule has 0 saturated carbocycles. The number of benzene rings is 5. The first-order valence-electron chi connectivity index (χ1n) is 17.7. The summed E-state index contributed by atoms with van der Waals surface area (Å²) in [5.41, 5.74) is 16.3. The average molecular weight is 873 g/mol. The van der Waals surface area contributed by atoms with Gasteiger partial charge in [-0.05, 0) is 78.3 Å². The SMILES string of the molecule is Cc1ccc2c(n1)c(-c1ccc(C)c(-c3cc(-c4ccccn4)[c-]cc3C)c1)cc1ncccc12.[Ir].[c-]1cccc(-c2ccccc2)c1-c1ccccn1. The molecule has 263 valence electrons. The van der Waals surface area contributed by atoms with E-state index < -0.39 is 0 Å². The summed E-state index contributed by atoms with van der Waals surface area (Å²) in [6.07, 6.45) is 5.48. The quantitative estimate of drug-likeness (QED) is 0.128. The van der Waals surface area contributed by atoms with E-state index in [-0.39, 0.29) is 20.1 Å². The molecule has 0 unspecified atom stereocenters. The van der Waals surface area contributed by atoms with Crippen LogP contribution in [0.1, 0.15) is 16.8 Å². The van der Waals surface area contributed by atoms with Crippen LogP contribution in [0.15, 0.2) is 164 Å². The van der Waals surface area contributed by atoms with Crippen LogP contribution in [0, 0.1) is 32.9 Å². The monoisotopic (exact) mass is 873 g/mol. The Morgan fingerprint density at radius 1 is 0.481 bits per heavy atom. The van der Waals surface area contributed by atoms with E-state index in [0.29, 0.717) is 0 Å². The normalized spacial score (nSPS) is 10.7. The molecular weight excluding hydrogens is 837 g/mol. The van der Waals surface area contributed by atoms with Crippen molar-refractivity contribution >= 4 is 21.8 Å². The number of aryl methyl sites for hydroxylation is 3. The van der Waals surface area contributed by atoms with Crippen molar-refractivity contribution in [3.05, 3.63) is 193 Å². The molecule has 0 spiro atoms. The largest absolute Gasteiger partial charge is 0.305 e. The summed E-state index contributed by atoms with van der Waals surface area (Å²) in [6, 6.07) is 56.4. The summed E-state index contributed by atoms with van der Waals surface area (Å²) in [6.45, 7) is 6.35. The Labute approximate surface area is 330 Å². The van der Waals surface area contributed by atoms with Crippen molar-refractivity contribution in [3.63, 3.8) is 0 Å². The summed E-state index contributed by atoms with van der Waals surface area (Å²) >= 11 is 0. The van der Waals surface area contributed by atoms with Crippen LogP contribution in [0.5, 0.6) is 0 Å². The zero-order valence-electron chi connectivity index (χ0n) is 30.2. The van der Waals surface area contributed by atoms with Gasteiger partial charge in [0, 0.05) is 60.7 Å². The molecule has 0 atom stereocenters. The maximum absolute atomic E-state index is 4.96. The van der Waals surface area contributed by atoms with Gasteiger partial charge in [-0.2, -0.15) is 0 Å². The Hall–Kier alpha value is -6.13. The predicted molar refractivity (Wildman–Crippen MR) is 218 cm³/mol. The second-order valence-electron chi connectivity index (χ2n) is 13.1. The Balaban J connectivity index is 0.000000200. The van der Waals surface area contributed by atoms with Crippen LogP contribution in [0.25, 0.3) is 77.7 Å². The van der Waals surface area contributed by atoms with E-state index in [1.807, 2.05) is 98.3 Å². The number of pyridine rings is 4. The van der Waals surface area contributed by atoms with Crippen LogP contribution >= 0.6 is 0 Å². The minimum absolute atomic E-state index is 0. The van der Waals surface area contributed by atoms with Crippen molar-refractivity contribution < 1.29 is 20.1 Å². The molecule has 0 saturated heterocycles. The van der Waals surface area contributed by atoms with E-state index in [9.17, 15) is 0 Å². The maximum atomic E-state index is 4.96. The molecule has 0 aliphatic carbocycles. The molecule has 4 nitrogen and oxygen atoms in total. The third-order valence-corrected chi connectivity index (χ3v) is 9.50. The standard InChI is InChI=1S/C32H24N3.C17H12N.Ir/c1-20-9-12-23(17-27(20)28-18-24(13-10-21(28)2)30-8-4-5-15-33-30)29-19-31-25(7-6-16-34-31)26-14-11-22(3)35-32(26)29;1-2-8-14(9-3-1)15-10-4-5-11-16(15)17-12-6-7-13-18-17;/h4-12,14-19H,1-3H3;1-10,12-13H;/q2*-1;. The minimum atomic E-state index is 0. The second-order valence-corrected chi connectivity index (χ2v) is 13.1. The molecule has 4 heterocycles. The van der Waals surface area contributed by atoms with Crippen LogP contribution in [-0.2, 0) is 20.1 Å². The van der Waals surface area contributed by atoms with Crippen molar-refractivity contribution in [2.45, 2.75) is 20.8 Å². The predicted octanol–water partition coefficient (Wildman–Crippen LogP) is 12.1. The number of nitrogens with zero attached hydrogens (tertiary/aromatic N) is 4. The van der Waals surface area contributed by atoms with Gasteiger partial charge in [0.25, 0.3) is 0 Å². The summed E-state index contributed by atoms with van der Waals surface area (Å²) in [5, 5.41) is 2.25.